The lowest BCUT2D eigenvalue weighted by molar-refractivity contribution is -0.0366. The van der Waals surface area contributed by atoms with Gasteiger partial charge in [0.1, 0.15) is 12.4 Å². The first-order valence-electron chi connectivity index (χ1n) is 11.4. The van der Waals surface area contributed by atoms with Crippen LogP contribution in [0.4, 0.5) is 4.79 Å². The third-order valence-electron chi connectivity index (χ3n) is 6.15. The van der Waals surface area contributed by atoms with Crippen LogP contribution in [0.5, 0.6) is 5.75 Å². The van der Waals surface area contributed by atoms with E-state index in [0.717, 1.165) is 52.6 Å². The van der Waals surface area contributed by atoms with E-state index in [-0.39, 0.29) is 24.8 Å². The molecule has 0 spiro atoms. The minimum Gasteiger partial charge on any atom is -0.493 e. The first-order chi connectivity index (χ1) is 16.2. The standard InChI is InChI=1S/C24H27BrN4O4/c25-20-9-18(11-26-13-20)16-33-24(30)28-7-6-17(14-28)15-32-21-4-5-22-19(10-21)12-27-29(22)23-3-1-2-8-31-23/h4-5,9-13,17,23H,1-3,6-8,14-16H2. The van der Waals surface area contributed by atoms with E-state index < -0.39 is 0 Å². The summed E-state index contributed by atoms with van der Waals surface area (Å²) in [5.41, 5.74) is 1.91. The topological polar surface area (TPSA) is 78.7 Å². The molecular formula is C24H27BrN4O4. The van der Waals surface area contributed by atoms with Crippen molar-refractivity contribution in [2.45, 2.75) is 38.5 Å². The van der Waals surface area contributed by atoms with Crippen LogP contribution >= 0.6 is 15.9 Å². The summed E-state index contributed by atoms with van der Waals surface area (Å²) < 4.78 is 20.2. The number of halogens is 1. The van der Waals surface area contributed by atoms with Gasteiger partial charge in [0.15, 0.2) is 6.23 Å². The smallest absolute Gasteiger partial charge is 0.410 e. The highest BCUT2D eigenvalue weighted by atomic mass is 79.9. The molecule has 5 rings (SSSR count). The van der Waals surface area contributed by atoms with Gasteiger partial charge in [-0.05, 0) is 65.9 Å². The average molecular weight is 515 g/mol. The molecule has 2 saturated heterocycles. The number of rotatable bonds is 6. The molecular weight excluding hydrogens is 488 g/mol. The van der Waals surface area contributed by atoms with Gasteiger partial charge in [0, 0.05) is 53.4 Å². The minimum atomic E-state index is -0.295. The number of ether oxygens (including phenoxy) is 3. The van der Waals surface area contributed by atoms with E-state index in [2.05, 4.69) is 26.0 Å². The quantitative estimate of drug-likeness (QED) is 0.463. The van der Waals surface area contributed by atoms with Gasteiger partial charge in [-0.25, -0.2) is 9.48 Å². The first kappa shape index (κ1) is 22.2. The second-order valence-corrected chi connectivity index (χ2v) is 9.52. The fourth-order valence-electron chi connectivity index (χ4n) is 4.39. The second kappa shape index (κ2) is 10.1. The van der Waals surface area contributed by atoms with E-state index >= 15 is 0 Å². The van der Waals surface area contributed by atoms with Crippen LogP contribution in [0.25, 0.3) is 10.9 Å². The zero-order valence-corrected chi connectivity index (χ0v) is 19.9. The Morgan fingerprint density at radius 1 is 1.18 bits per heavy atom. The lowest BCUT2D eigenvalue weighted by atomic mass is 10.1. The van der Waals surface area contributed by atoms with Gasteiger partial charge in [0.05, 0.1) is 18.3 Å². The zero-order valence-electron chi connectivity index (χ0n) is 18.4. The van der Waals surface area contributed by atoms with Gasteiger partial charge in [-0.1, -0.05) is 0 Å². The maximum absolute atomic E-state index is 12.4. The zero-order chi connectivity index (χ0) is 22.6. The summed E-state index contributed by atoms with van der Waals surface area (Å²) >= 11 is 3.37. The Hall–Kier alpha value is -2.65. The summed E-state index contributed by atoms with van der Waals surface area (Å²) in [6.07, 6.45) is 9.17. The van der Waals surface area contributed by atoms with Crippen molar-refractivity contribution in [1.82, 2.24) is 19.7 Å². The summed E-state index contributed by atoms with van der Waals surface area (Å²) in [4.78, 5) is 18.2. The molecule has 0 aliphatic carbocycles. The van der Waals surface area contributed by atoms with Crippen molar-refractivity contribution in [3.63, 3.8) is 0 Å². The number of carbonyl (C=O) groups excluding carboxylic acids is 1. The molecule has 1 aromatic carbocycles. The second-order valence-electron chi connectivity index (χ2n) is 8.61. The lowest BCUT2D eigenvalue weighted by Gasteiger charge is -2.23. The van der Waals surface area contributed by atoms with Gasteiger partial charge < -0.3 is 19.1 Å². The molecule has 174 valence electrons. The van der Waals surface area contributed by atoms with Crippen molar-refractivity contribution < 1.29 is 19.0 Å². The Balaban J connectivity index is 1.11. The SMILES string of the molecule is O=C(OCc1cncc(Br)c1)N1CCC(COc2ccc3c(cnn3C3CCCCO3)c2)C1. The molecule has 0 N–H and O–H groups in total. The molecule has 2 aromatic heterocycles. The van der Waals surface area contributed by atoms with Crippen molar-refractivity contribution >= 4 is 32.9 Å². The molecule has 3 aromatic rings. The van der Waals surface area contributed by atoms with Crippen molar-refractivity contribution in [2.75, 3.05) is 26.3 Å². The van der Waals surface area contributed by atoms with Crippen LogP contribution in [0.2, 0.25) is 0 Å². The van der Waals surface area contributed by atoms with Crippen molar-refractivity contribution in [2.24, 2.45) is 5.92 Å². The van der Waals surface area contributed by atoms with E-state index in [1.165, 1.54) is 6.42 Å². The number of amides is 1. The van der Waals surface area contributed by atoms with E-state index in [1.54, 1.807) is 17.3 Å². The van der Waals surface area contributed by atoms with Gasteiger partial charge in [-0.3, -0.25) is 4.98 Å². The predicted octanol–water partition coefficient (Wildman–Crippen LogP) is 4.93. The number of likely N-dealkylation sites (tertiary alicyclic amines) is 1. The van der Waals surface area contributed by atoms with E-state index in [0.29, 0.717) is 19.7 Å². The van der Waals surface area contributed by atoms with E-state index in [4.69, 9.17) is 14.2 Å². The fourth-order valence-corrected chi connectivity index (χ4v) is 4.80. The highest BCUT2D eigenvalue weighted by molar-refractivity contribution is 9.10. The van der Waals surface area contributed by atoms with Gasteiger partial charge in [0.25, 0.3) is 0 Å². The number of hydrogen-bond donors (Lipinski definition) is 0. The molecule has 9 heteroatoms. The maximum Gasteiger partial charge on any atom is 0.410 e. The van der Waals surface area contributed by atoms with Gasteiger partial charge in [-0.2, -0.15) is 5.10 Å². The molecule has 2 fully saturated rings. The average Bonchev–Trinajstić information content (AvgIpc) is 3.49. The Morgan fingerprint density at radius 3 is 2.97 bits per heavy atom. The summed E-state index contributed by atoms with van der Waals surface area (Å²) in [5, 5.41) is 5.58. The van der Waals surface area contributed by atoms with E-state index in [9.17, 15) is 4.79 Å². The van der Waals surface area contributed by atoms with Crippen molar-refractivity contribution in [3.05, 3.63) is 52.9 Å². The number of fused-ring (bicyclic) bond motifs is 1. The molecule has 2 aliphatic rings. The molecule has 0 radical (unpaired) electrons. The molecule has 1 amide bonds. The number of aromatic nitrogens is 3. The number of benzene rings is 1. The molecule has 0 saturated carbocycles. The number of nitrogens with zero attached hydrogens (tertiary/aromatic N) is 4. The Labute approximate surface area is 200 Å². The monoisotopic (exact) mass is 514 g/mol. The number of carbonyl (C=O) groups is 1. The Bertz CT molecular complexity index is 1110. The number of pyridine rings is 1. The number of hydrogen-bond acceptors (Lipinski definition) is 6. The maximum atomic E-state index is 12.4. The molecule has 4 heterocycles. The molecule has 8 nitrogen and oxygen atoms in total. The van der Waals surface area contributed by atoms with Crippen LogP contribution in [0, 0.1) is 5.92 Å². The molecule has 2 unspecified atom stereocenters. The van der Waals surface area contributed by atoms with Crippen molar-refractivity contribution in [3.8, 4) is 5.75 Å². The Morgan fingerprint density at radius 2 is 2.12 bits per heavy atom. The lowest BCUT2D eigenvalue weighted by Crippen LogP contribution is -2.30. The Kier molecular flexibility index (Phi) is 6.78. The van der Waals surface area contributed by atoms with Crippen LogP contribution in [-0.4, -0.2) is 52.1 Å². The third-order valence-corrected chi connectivity index (χ3v) is 6.58. The molecule has 2 aliphatic heterocycles. The van der Waals surface area contributed by atoms with Gasteiger partial charge in [-0.15, -0.1) is 0 Å². The molecule has 0 bridgehead atoms. The largest absolute Gasteiger partial charge is 0.493 e. The summed E-state index contributed by atoms with van der Waals surface area (Å²) in [5.74, 6) is 1.09. The molecule has 2 atom stereocenters. The predicted molar refractivity (Wildman–Crippen MR) is 126 cm³/mol. The molecule has 33 heavy (non-hydrogen) atoms. The normalized spacial score (nSPS) is 20.8. The summed E-state index contributed by atoms with van der Waals surface area (Å²) in [7, 11) is 0. The van der Waals surface area contributed by atoms with Crippen LogP contribution in [-0.2, 0) is 16.1 Å². The van der Waals surface area contributed by atoms with Crippen LogP contribution in [0.15, 0.2) is 47.3 Å². The summed E-state index contributed by atoms with van der Waals surface area (Å²) in [6.45, 7) is 2.87. The van der Waals surface area contributed by atoms with Crippen LogP contribution < -0.4 is 4.74 Å². The van der Waals surface area contributed by atoms with Gasteiger partial charge in [0.2, 0.25) is 0 Å². The fraction of sp³-hybridized carbons (Fsp3) is 0.458. The van der Waals surface area contributed by atoms with Gasteiger partial charge >= 0.3 is 6.09 Å². The third kappa shape index (κ3) is 5.30. The van der Waals surface area contributed by atoms with Crippen molar-refractivity contribution in [1.29, 1.82) is 0 Å². The van der Waals surface area contributed by atoms with Crippen LogP contribution in [0.1, 0.15) is 37.5 Å². The summed E-state index contributed by atoms with van der Waals surface area (Å²) in [6, 6.07) is 7.94. The van der Waals surface area contributed by atoms with E-state index in [1.807, 2.05) is 35.1 Å². The minimum absolute atomic E-state index is 0.0203. The highest BCUT2D eigenvalue weighted by Gasteiger charge is 2.28. The first-order valence-corrected chi connectivity index (χ1v) is 12.2. The highest BCUT2D eigenvalue weighted by Crippen LogP contribution is 2.28. The van der Waals surface area contributed by atoms with Crippen LogP contribution in [0.3, 0.4) is 0 Å².